The van der Waals surface area contributed by atoms with E-state index in [2.05, 4.69) is 61.2 Å². The predicted octanol–water partition coefficient (Wildman–Crippen LogP) is 2.88. The van der Waals surface area contributed by atoms with Gasteiger partial charge in [-0.1, -0.05) is 20.8 Å². The third-order valence-electron chi connectivity index (χ3n) is 1.60. The van der Waals surface area contributed by atoms with Crippen LogP contribution in [0.3, 0.4) is 0 Å². The lowest BCUT2D eigenvalue weighted by Crippen LogP contribution is -2.37. The molecule has 1 atom stereocenters. The summed E-state index contributed by atoms with van der Waals surface area (Å²) >= 11 is 3.24. The summed E-state index contributed by atoms with van der Waals surface area (Å²) in [6.07, 6.45) is 3.94. The molecule has 18 heavy (non-hydrogen) atoms. The van der Waals surface area contributed by atoms with Gasteiger partial charge in [-0.2, -0.15) is 0 Å². The van der Waals surface area contributed by atoms with Crippen molar-refractivity contribution in [1.82, 2.24) is 15.3 Å². The second-order valence-corrected chi connectivity index (χ2v) is 8.13. The van der Waals surface area contributed by atoms with E-state index in [1.54, 1.807) is 12.4 Å². The summed E-state index contributed by atoms with van der Waals surface area (Å²) in [7, 11) is 2.72. The van der Waals surface area contributed by atoms with Crippen molar-refractivity contribution in [2.24, 2.45) is 0 Å². The second-order valence-electron chi connectivity index (χ2n) is 5.48. The van der Waals surface area contributed by atoms with E-state index < -0.39 is 5.54 Å². The summed E-state index contributed by atoms with van der Waals surface area (Å²) < 4.78 is 0.818. The van der Waals surface area contributed by atoms with Crippen LogP contribution < -0.4 is 5.32 Å². The Labute approximate surface area is 120 Å². The SMILES string of the molecule is CC(C)(C)P.CC(C)(NC=O)c1ncc(Br)cn1. The molecule has 0 spiro atoms. The minimum atomic E-state index is -0.525. The molecule has 0 saturated heterocycles. The lowest BCUT2D eigenvalue weighted by molar-refractivity contribution is -0.111. The Hall–Kier alpha value is -0.540. The number of rotatable bonds is 3. The van der Waals surface area contributed by atoms with Crippen LogP contribution in [0.4, 0.5) is 0 Å². The molecule has 0 radical (unpaired) electrons. The number of carbonyl (C=O) groups is 1. The van der Waals surface area contributed by atoms with Crippen molar-refractivity contribution in [3.8, 4) is 0 Å². The molecule has 0 aromatic carbocycles. The summed E-state index contributed by atoms with van der Waals surface area (Å²) in [6, 6.07) is 0. The molecule has 1 aromatic rings. The monoisotopic (exact) mass is 333 g/mol. The van der Waals surface area contributed by atoms with Crippen molar-refractivity contribution in [2.45, 2.75) is 45.3 Å². The predicted molar refractivity (Wildman–Crippen MR) is 81.4 cm³/mol. The van der Waals surface area contributed by atoms with Crippen molar-refractivity contribution in [1.29, 1.82) is 0 Å². The van der Waals surface area contributed by atoms with Crippen LogP contribution >= 0.6 is 25.2 Å². The lowest BCUT2D eigenvalue weighted by atomic mass is 10.1. The fourth-order valence-electron chi connectivity index (χ4n) is 0.847. The van der Waals surface area contributed by atoms with E-state index in [-0.39, 0.29) is 0 Å². The molecule has 0 aliphatic rings. The first-order chi connectivity index (χ1) is 8.06. The molecular weight excluding hydrogens is 313 g/mol. The van der Waals surface area contributed by atoms with E-state index in [1.807, 2.05) is 13.8 Å². The van der Waals surface area contributed by atoms with Crippen LogP contribution in [-0.2, 0) is 10.3 Å². The van der Waals surface area contributed by atoms with Gasteiger partial charge in [0.05, 0.1) is 10.0 Å². The first-order valence-electron chi connectivity index (χ1n) is 5.54. The molecule has 1 unspecified atom stereocenters. The fourth-order valence-corrected chi connectivity index (χ4v) is 1.05. The standard InChI is InChI=1S/C8H10BrN3O.C4H11P/c1-8(2,12-5-13)7-10-3-6(9)4-11-7;1-4(2,3)5/h3-5H,1-2H3,(H,12,13);5H2,1-3H3. The van der Waals surface area contributed by atoms with Crippen molar-refractivity contribution >= 4 is 31.6 Å². The van der Waals surface area contributed by atoms with E-state index in [9.17, 15) is 4.79 Å². The zero-order valence-corrected chi connectivity index (χ0v) is 14.2. The summed E-state index contributed by atoms with van der Waals surface area (Å²) in [6.45, 7) is 10.1. The first kappa shape index (κ1) is 17.5. The largest absolute Gasteiger partial charge is 0.347 e. The van der Waals surface area contributed by atoms with Crippen molar-refractivity contribution in [2.75, 3.05) is 0 Å². The normalized spacial score (nSPS) is 11.3. The molecule has 0 aliphatic heterocycles. The second kappa shape index (κ2) is 7.15. The molecule has 0 saturated carbocycles. The van der Waals surface area contributed by atoms with Gasteiger partial charge < -0.3 is 5.32 Å². The van der Waals surface area contributed by atoms with Crippen molar-refractivity contribution < 1.29 is 4.79 Å². The van der Waals surface area contributed by atoms with Crippen LogP contribution in [-0.4, -0.2) is 21.5 Å². The minimum absolute atomic E-state index is 0.417. The highest BCUT2D eigenvalue weighted by atomic mass is 79.9. The Kier molecular flexibility index (Phi) is 6.93. The molecule has 4 nitrogen and oxygen atoms in total. The Bertz CT molecular complexity index is 368. The van der Waals surface area contributed by atoms with Crippen LogP contribution in [0.15, 0.2) is 16.9 Å². The van der Waals surface area contributed by atoms with E-state index in [4.69, 9.17) is 0 Å². The van der Waals surface area contributed by atoms with Gasteiger partial charge in [0, 0.05) is 12.4 Å². The van der Waals surface area contributed by atoms with Crippen LogP contribution in [0.25, 0.3) is 0 Å². The number of carbonyl (C=O) groups excluding carboxylic acids is 1. The number of amides is 1. The van der Waals surface area contributed by atoms with Gasteiger partial charge >= 0.3 is 0 Å². The average molecular weight is 334 g/mol. The molecule has 6 heteroatoms. The third kappa shape index (κ3) is 8.54. The molecule has 0 bridgehead atoms. The number of halogens is 1. The van der Waals surface area contributed by atoms with E-state index >= 15 is 0 Å². The maximum Gasteiger partial charge on any atom is 0.207 e. The van der Waals surface area contributed by atoms with E-state index in [0.717, 1.165) is 4.47 Å². The number of nitrogens with zero attached hydrogens (tertiary/aromatic N) is 2. The molecule has 102 valence electrons. The Balaban J connectivity index is 0.000000494. The molecule has 0 fully saturated rings. The maximum atomic E-state index is 10.3. The van der Waals surface area contributed by atoms with Crippen molar-refractivity contribution in [3.63, 3.8) is 0 Å². The average Bonchev–Trinajstić information content (AvgIpc) is 2.15. The smallest absolute Gasteiger partial charge is 0.207 e. The molecular formula is C12H21BrN3OP. The van der Waals surface area contributed by atoms with Crippen LogP contribution in [0.5, 0.6) is 0 Å². The summed E-state index contributed by atoms with van der Waals surface area (Å²) in [5, 5.41) is 3.05. The number of hydrogen-bond donors (Lipinski definition) is 1. The van der Waals surface area contributed by atoms with Gasteiger partial charge in [0.1, 0.15) is 0 Å². The van der Waals surface area contributed by atoms with Crippen LogP contribution in [0, 0.1) is 0 Å². The van der Waals surface area contributed by atoms with Crippen LogP contribution in [0.1, 0.15) is 40.4 Å². The minimum Gasteiger partial charge on any atom is -0.347 e. The molecule has 1 rings (SSSR count). The summed E-state index contributed by atoms with van der Waals surface area (Å²) in [4.78, 5) is 18.5. The molecule has 0 aliphatic carbocycles. The van der Waals surface area contributed by atoms with Crippen molar-refractivity contribution in [3.05, 3.63) is 22.7 Å². The highest BCUT2D eigenvalue weighted by Gasteiger charge is 2.22. The zero-order chi connectivity index (χ0) is 14.4. The van der Waals surface area contributed by atoms with E-state index in [0.29, 0.717) is 17.4 Å². The Morgan fingerprint density at radius 3 is 1.94 bits per heavy atom. The number of hydrogen-bond acceptors (Lipinski definition) is 3. The highest BCUT2D eigenvalue weighted by Crippen LogP contribution is 2.15. The van der Waals surface area contributed by atoms with Gasteiger partial charge in [-0.05, 0) is 34.9 Å². The third-order valence-corrected chi connectivity index (χ3v) is 2.01. The highest BCUT2D eigenvalue weighted by molar-refractivity contribution is 9.10. The Morgan fingerprint density at radius 1 is 1.22 bits per heavy atom. The van der Waals surface area contributed by atoms with Gasteiger partial charge in [-0.15, -0.1) is 9.24 Å². The number of nitrogens with one attached hydrogen (secondary N) is 1. The van der Waals surface area contributed by atoms with Gasteiger partial charge in [0.2, 0.25) is 6.41 Å². The van der Waals surface area contributed by atoms with Crippen LogP contribution in [0.2, 0.25) is 0 Å². The molecule has 1 amide bonds. The molecule has 1 aromatic heterocycles. The molecule has 1 N–H and O–H groups in total. The van der Waals surface area contributed by atoms with E-state index in [1.165, 1.54) is 0 Å². The van der Waals surface area contributed by atoms with Gasteiger partial charge in [0.25, 0.3) is 0 Å². The maximum absolute atomic E-state index is 10.3. The molecule has 1 heterocycles. The van der Waals surface area contributed by atoms with Gasteiger partial charge in [-0.25, -0.2) is 9.97 Å². The first-order valence-corrected chi connectivity index (χ1v) is 6.91. The lowest BCUT2D eigenvalue weighted by Gasteiger charge is -2.21. The summed E-state index contributed by atoms with van der Waals surface area (Å²) in [5.41, 5.74) is -0.525. The quantitative estimate of drug-likeness (QED) is 0.683. The fraction of sp³-hybridized carbons (Fsp3) is 0.583. The van der Waals surface area contributed by atoms with Gasteiger partial charge in [-0.3, -0.25) is 4.79 Å². The number of aromatic nitrogens is 2. The Morgan fingerprint density at radius 2 is 1.61 bits per heavy atom. The topological polar surface area (TPSA) is 54.9 Å². The zero-order valence-electron chi connectivity index (χ0n) is 11.5. The summed E-state index contributed by atoms with van der Waals surface area (Å²) in [5.74, 6) is 0.586. The van der Waals surface area contributed by atoms with Gasteiger partial charge in [0.15, 0.2) is 5.82 Å².